The fourth-order valence-electron chi connectivity index (χ4n) is 2.63. The molecular weight excluding hydrogens is 276 g/mol. The van der Waals surface area contributed by atoms with Crippen LogP contribution in [-0.2, 0) is 24.7 Å². The standard InChI is InChI=1S/C17H20N4O/c1-21-12-18-11-14(21)6-7-17(22)19-9-8-13-10-20-16-5-3-2-4-15(13)16/h2-5,10-12,20H,6-9H2,1H3,(H,19,22). The van der Waals surface area contributed by atoms with Crippen molar-refractivity contribution in [2.45, 2.75) is 19.3 Å². The minimum absolute atomic E-state index is 0.0843. The van der Waals surface area contributed by atoms with E-state index < -0.39 is 0 Å². The fourth-order valence-corrected chi connectivity index (χ4v) is 2.63. The largest absolute Gasteiger partial charge is 0.361 e. The van der Waals surface area contributed by atoms with E-state index in [4.69, 9.17) is 0 Å². The van der Waals surface area contributed by atoms with E-state index in [9.17, 15) is 4.79 Å². The smallest absolute Gasteiger partial charge is 0.220 e. The van der Waals surface area contributed by atoms with Crippen LogP contribution < -0.4 is 5.32 Å². The number of carbonyl (C=O) groups is 1. The van der Waals surface area contributed by atoms with Crippen LogP contribution in [0.4, 0.5) is 0 Å². The van der Waals surface area contributed by atoms with E-state index in [0.717, 1.165) is 24.1 Å². The number of nitrogens with zero attached hydrogens (tertiary/aromatic N) is 2. The lowest BCUT2D eigenvalue weighted by Gasteiger charge is -2.05. The third kappa shape index (κ3) is 3.19. The van der Waals surface area contributed by atoms with Gasteiger partial charge in [0.15, 0.2) is 0 Å². The minimum atomic E-state index is 0.0843. The molecule has 0 saturated heterocycles. The lowest BCUT2D eigenvalue weighted by molar-refractivity contribution is -0.121. The van der Waals surface area contributed by atoms with Crippen molar-refractivity contribution in [3.05, 3.63) is 54.2 Å². The third-order valence-corrected chi connectivity index (χ3v) is 3.92. The Morgan fingerprint density at radius 3 is 3.00 bits per heavy atom. The highest BCUT2D eigenvalue weighted by Crippen LogP contribution is 2.17. The minimum Gasteiger partial charge on any atom is -0.361 e. The van der Waals surface area contributed by atoms with Gasteiger partial charge >= 0.3 is 0 Å². The van der Waals surface area contributed by atoms with Crippen LogP contribution in [-0.4, -0.2) is 27.0 Å². The topological polar surface area (TPSA) is 62.7 Å². The molecule has 3 aromatic rings. The van der Waals surface area contributed by atoms with E-state index in [1.165, 1.54) is 10.9 Å². The molecule has 0 fully saturated rings. The molecule has 2 N–H and O–H groups in total. The molecule has 1 amide bonds. The lowest BCUT2D eigenvalue weighted by Crippen LogP contribution is -2.26. The number of aryl methyl sites for hydroxylation is 2. The second-order valence-electron chi connectivity index (χ2n) is 5.46. The Morgan fingerprint density at radius 1 is 1.32 bits per heavy atom. The third-order valence-electron chi connectivity index (χ3n) is 3.92. The molecule has 114 valence electrons. The maximum absolute atomic E-state index is 11.9. The van der Waals surface area contributed by atoms with Gasteiger partial charge in [0.25, 0.3) is 0 Å². The molecule has 2 aromatic heterocycles. The predicted molar refractivity (Wildman–Crippen MR) is 86.5 cm³/mol. The van der Waals surface area contributed by atoms with E-state index >= 15 is 0 Å². The molecule has 22 heavy (non-hydrogen) atoms. The number of amides is 1. The van der Waals surface area contributed by atoms with Gasteiger partial charge in [0.2, 0.25) is 5.91 Å². The van der Waals surface area contributed by atoms with E-state index in [1.807, 2.05) is 29.9 Å². The lowest BCUT2D eigenvalue weighted by atomic mass is 10.1. The summed E-state index contributed by atoms with van der Waals surface area (Å²) in [5.41, 5.74) is 3.45. The van der Waals surface area contributed by atoms with Crippen LogP contribution in [0.15, 0.2) is 43.0 Å². The molecule has 0 unspecified atom stereocenters. The number of para-hydroxylation sites is 1. The number of rotatable bonds is 6. The molecule has 0 radical (unpaired) electrons. The van der Waals surface area contributed by atoms with Gasteiger partial charge in [0.05, 0.1) is 6.33 Å². The van der Waals surface area contributed by atoms with Crippen LogP contribution in [0.3, 0.4) is 0 Å². The van der Waals surface area contributed by atoms with Crippen molar-refractivity contribution in [2.24, 2.45) is 7.05 Å². The summed E-state index contributed by atoms with van der Waals surface area (Å²) in [7, 11) is 1.94. The SMILES string of the molecule is Cn1cncc1CCC(=O)NCCc1c[nH]c2ccccc12. The molecule has 5 heteroatoms. The Morgan fingerprint density at radius 2 is 2.18 bits per heavy atom. The number of benzene rings is 1. The van der Waals surface area contributed by atoms with Gasteiger partial charge in [-0.05, 0) is 24.5 Å². The van der Waals surface area contributed by atoms with Crippen molar-refractivity contribution in [3.63, 3.8) is 0 Å². The average Bonchev–Trinajstić information content (AvgIpc) is 3.12. The molecule has 0 aliphatic rings. The zero-order valence-corrected chi connectivity index (χ0v) is 12.7. The zero-order chi connectivity index (χ0) is 15.4. The molecule has 5 nitrogen and oxygen atoms in total. The summed E-state index contributed by atoms with van der Waals surface area (Å²) in [5.74, 6) is 0.0843. The molecule has 0 spiro atoms. The number of hydrogen-bond acceptors (Lipinski definition) is 2. The summed E-state index contributed by atoms with van der Waals surface area (Å²) in [6.45, 7) is 0.659. The van der Waals surface area contributed by atoms with Crippen molar-refractivity contribution < 1.29 is 4.79 Å². The first-order valence-electron chi connectivity index (χ1n) is 7.51. The van der Waals surface area contributed by atoms with Crippen molar-refractivity contribution in [1.82, 2.24) is 19.9 Å². The summed E-state index contributed by atoms with van der Waals surface area (Å²) in [5, 5.41) is 4.21. The Hall–Kier alpha value is -2.56. The quantitative estimate of drug-likeness (QED) is 0.732. The Kier molecular flexibility index (Phi) is 4.23. The highest BCUT2D eigenvalue weighted by Gasteiger charge is 2.06. The summed E-state index contributed by atoms with van der Waals surface area (Å²) in [6, 6.07) is 8.21. The van der Waals surface area contributed by atoms with Crippen molar-refractivity contribution >= 4 is 16.8 Å². The van der Waals surface area contributed by atoms with Crippen LogP contribution in [0.1, 0.15) is 17.7 Å². The first kappa shape index (κ1) is 14.4. The van der Waals surface area contributed by atoms with Crippen molar-refractivity contribution in [2.75, 3.05) is 6.54 Å². The highest BCUT2D eigenvalue weighted by atomic mass is 16.1. The number of aromatic amines is 1. The molecule has 0 atom stereocenters. The summed E-state index contributed by atoms with van der Waals surface area (Å²) in [4.78, 5) is 19.2. The maximum atomic E-state index is 11.9. The fraction of sp³-hybridized carbons (Fsp3) is 0.294. The molecule has 3 rings (SSSR count). The highest BCUT2D eigenvalue weighted by molar-refractivity contribution is 5.83. The summed E-state index contributed by atoms with van der Waals surface area (Å²) in [6.07, 6.45) is 7.63. The molecule has 0 saturated carbocycles. The first-order valence-corrected chi connectivity index (χ1v) is 7.51. The van der Waals surface area contributed by atoms with E-state index in [-0.39, 0.29) is 5.91 Å². The monoisotopic (exact) mass is 296 g/mol. The van der Waals surface area contributed by atoms with Gasteiger partial charge in [-0.2, -0.15) is 0 Å². The van der Waals surface area contributed by atoms with Crippen LogP contribution >= 0.6 is 0 Å². The number of aromatic nitrogens is 3. The van der Waals surface area contributed by atoms with Gasteiger partial charge < -0.3 is 14.9 Å². The maximum Gasteiger partial charge on any atom is 0.220 e. The van der Waals surface area contributed by atoms with Gasteiger partial charge in [-0.1, -0.05) is 18.2 Å². The van der Waals surface area contributed by atoms with Gasteiger partial charge in [-0.25, -0.2) is 4.98 Å². The van der Waals surface area contributed by atoms with Crippen LogP contribution in [0, 0.1) is 0 Å². The van der Waals surface area contributed by atoms with Crippen LogP contribution in [0.25, 0.3) is 10.9 Å². The molecule has 2 heterocycles. The normalized spacial score (nSPS) is 11.0. The summed E-state index contributed by atoms with van der Waals surface area (Å²) < 4.78 is 1.94. The predicted octanol–water partition coefficient (Wildman–Crippen LogP) is 2.19. The number of carbonyl (C=O) groups excluding carboxylic acids is 1. The Balaban J connectivity index is 1.46. The zero-order valence-electron chi connectivity index (χ0n) is 12.7. The van der Waals surface area contributed by atoms with Crippen LogP contribution in [0.5, 0.6) is 0 Å². The van der Waals surface area contributed by atoms with Gasteiger partial charge in [0.1, 0.15) is 0 Å². The number of imidazole rings is 1. The number of hydrogen-bond donors (Lipinski definition) is 2. The van der Waals surface area contributed by atoms with Gasteiger partial charge in [0, 0.05) is 49.0 Å². The summed E-state index contributed by atoms with van der Waals surface area (Å²) >= 11 is 0. The Labute approximate surface area is 129 Å². The molecule has 0 aliphatic heterocycles. The van der Waals surface area contributed by atoms with Gasteiger partial charge in [-0.3, -0.25) is 4.79 Å². The second kappa shape index (κ2) is 6.47. The second-order valence-corrected chi connectivity index (χ2v) is 5.46. The van der Waals surface area contributed by atoms with E-state index in [2.05, 4.69) is 27.4 Å². The van der Waals surface area contributed by atoms with E-state index in [0.29, 0.717) is 13.0 Å². The number of H-pyrrole nitrogens is 1. The molecule has 1 aromatic carbocycles. The number of fused-ring (bicyclic) bond motifs is 1. The van der Waals surface area contributed by atoms with E-state index in [1.54, 1.807) is 12.5 Å². The molecule has 0 bridgehead atoms. The molecular formula is C17H20N4O. The first-order chi connectivity index (χ1) is 10.7. The van der Waals surface area contributed by atoms with Crippen LogP contribution in [0.2, 0.25) is 0 Å². The Bertz CT molecular complexity index is 772. The van der Waals surface area contributed by atoms with Crippen molar-refractivity contribution in [1.29, 1.82) is 0 Å². The van der Waals surface area contributed by atoms with Crippen molar-refractivity contribution in [3.8, 4) is 0 Å². The number of nitrogens with one attached hydrogen (secondary N) is 2. The molecule has 0 aliphatic carbocycles. The van der Waals surface area contributed by atoms with Gasteiger partial charge in [-0.15, -0.1) is 0 Å². The average molecular weight is 296 g/mol.